The fourth-order valence-corrected chi connectivity index (χ4v) is 5.23. The Morgan fingerprint density at radius 2 is 1.75 bits per heavy atom. The smallest absolute Gasteiger partial charge is 0.305 e. The topological polar surface area (TPSA) is 78.7 Å². The number of likely N-dealkylation sites (tertiary alicyclic amines) is 1. The molecule has 2 aromatic heterocycles. The number of carboxylic acid groups (broad SMARTS) is 1. The van der Waals surface area contributed by atoms with E-state index in [2.05, 4.69) is 22.0 Å². The molecule has 1 spiro atoms. The molecule has 1 amide bonds. The van der Waals surface area contributed by atoms with Gasteiger partial charge in [-0.25, -0.2) is 0 Å². The molecule has 0 atom stereocenters. The number of pyridine rings is 1. The number of aliphatic carboxylic acids is 1. The molecule has 0 radical (unpaired) electrons. The monoisotopic (exact) mass is 432 g/mol. The number of nitrogens with zero attached hydrogens (tertiary/aromatic N) is 4. The standard InChI is InChI=1S/C25H28N4O3/c30-23(31)6-13-27-12-5-19-17-20(1-2-22(19)27)24(32)28-14-7-25(8-15-28)9-16-29(18-25)21-3-10-26-11-4-21/h1-5,10-12,17H,6-9,13-16,18H2,(H,30,31). The Kier molecular flexibility index (Phi) is 5.33. The van der Waals surface area contributed by atoms with Gasteiger partial charge in [-0.05, 0) is 61.1 Å². The molecule has 0 saturated carbocycles. The molecule has 0 aliphatic carbocycles. The van der Waals surface area contributed by atoms with Crippen molar-refractivity contribution in [3.63, 3.8) is 0 Å². The fraction of sp³-hybridized carbons (Fsp3) is 0.400. The minimum Gasteiger partial charge on any atom is -0.481 e. The quantitative estimate of drug-likeness (QED) is 0.666. The summed E-state index contributed by atoms with van der Waals surface area (Å²) in [5, 5.41) is 9.90. The third kappa shape index (κ3) is 3.95. The second-order valence-corrected chi connectivity index (χ2v) is 9.10. The van der Waals surface area contributed by atoms with Gasteiger partial charge in [-0.2, -0.15) is 0 Å². The van der Waals surface area contributed by atoms with Crippen molar-refractivity contribution in [2.75, 3.05) is 31.1 Å². The van der Waals surface area contributed by atoms with E-state index in [0.717, 1.165) is 49.9 Å². The van der Waals surface area contributed by atoms with E-state index in [1.807, 2.05) is 52.3 Å². The molecule has 7 heteroatoms. The van der Waals surface area contributed by atoms with Crippen molar-refractivity contribution in [2.24, 2.45) is 5.41 Å². The van der Waals surface area contributed by atoms with Crippen LogP contribution in [0.4, 0.5) is 5.69 Å². The van der Waals surface area contributed by atoms with Gasteiger partial charge in [0.25, 0.3) is 5.91 Å². The van der Waals surface area contributed by atoms with E-state index < -0.39 is 5.97 Å². The second-order valence-electron chi connectivity index (χ2n) is 9.10. The van der Waals surface area contributed by atoms with Crippen molar-refractivity contribution >= 4 is 28.5 Å². The summed E-state index contributed by atoms with van der Waals surface area (Å²) in [7, 11) is 0. The van der Waals surface area contributed by atoms with E-state index in [4.69, 9.17) is 5.11 Å². The molecule has 2 saturated heterocycles. The number of amides is 1. The summed E-state index contributed by atoms with van der Waals surface area (Å²) in [5.41, 5.74) is 3.20. The van der Waals surface area contributed by atoms with Crippen LogP contribution in [0.25, 0.3) is 10.9 Å². The van der Waals surface area contributed by atoms with E-state index in [1.165, 1.54) is 12.1 Å². The highest BCUT2D eigenvalue weighted by Gasteiger charge is 2.41. The van der Waals surface area contributed by atoms with E-state index in [9.17, 15) is 9.59 Å². The van der Waals surface area contributed by atoms with Crippen molar-refractivity contribution in [3.8, 4) is 0 Å². The second kappa shape index (κ2) is 8.30. The number of fused-ring (bicyclic) bond motifs is 1. The van der Waals surface area contributed by atoms with Crippen LogP contribution in [0.1, 0.15) is 36.0 Å². The molecule has 0 bridgehead atoms. The number of rotatable bonds is 5. The largest absolute Gasteiger partial charge is 0.481 e. The molecular formula is C25H28N4O3. The first-order valence-corrected chi connectivity index (χ1v) is 11.3. The molecule has 3 aromatic rings. The summed E-state index contributed by atoms with van der Waals surface area (Å²) in [5.74, 6) is -0.725. The molecule has 2 aliphatic heterocycles. The first kappa shape index (κ1) is 20.5. The Hall–Kier alpha value is -3.35. The number of carbonyl (C=O) groups excluding carboxylic acids is 1. The van der Waals surface area contributed by atoms with Crippen LogP contribution < -0.4 is 4.90 Å². The molecular weight excluding hydrogens is 404 g/mol. The molecule has 2 aliphatic rings. The van der Waals surface area contributed by atoms with Gasteiger partial charge < -0.3 is 19.5 Å². The zero-order valence-electron chi connectivity index (χ0n) is 18.1. The van der Waals surface area contributed by atoms with Crippen molar-refractivity contribution in [2.45, 2.75) is 32.2 Å². The Morgan fingerprint density at radius 3 is 2.50 bits per heavy atom. The Labute approximate surface area is 187 Å². The molecule has 0 unspecified atom stereocenters. The maximum Gasteiger partial charge on any atom is 0.305 e. The summed E-state index contributed by atoms with van der Waals surface area (Å²) in [6, 6.07) is 11.8. The number of anilines is 1. The third-order valence-corrected chi connectivity index (χ3v) is 7.16. The predicted molar refractivity (Wildman–Crippen MR) is 123 cm³/mol. The van der Waals surface area contributed by atoms with Crippen LogP contribution in [0.3, 0.4) is 0 Å². The predicted octanol–water partition coefficient (Wildman–Crippen LogP) is 3.64. The van der Waals surface area contributed by atoms with Crippen LogP contribution in [0.2, 0.25) is 0 Å². The summed E-state index contributed by atoms with van der Waals surface area (Å²) in [6.45, 7) is 4.13. The third-order valence-electron chi connectivity index (χ3n) is 7.16. The van der Waals surface area contributed by atoms with Crippen LogP contribution in [0.15, 0.2) is 55.0 Å². The number of aryl methyl sites for hydroxylation is 1. The van der Waals surface area contributed by atoms with Gasteiger partial charge in [-0.3, -0.25) is 14.6 Å². The van der Waals surface area contributed by atoms with Crippen molar-refractivity contribution in [3.05, 3.63) is 60.6 Å². The van der Waals surface area contributed by atoms with E-state index in [0.29, 0.717) is 17.5 Å². The number of piperidine rings is 1. The number of hydrogen-bond donors (Lipinski definition) is 1. The van der Waals surface area contributed by atoms with Crippen molar-refractivity contribution < 1.29 is 14.7 Å². The lowest BCUT2D eigenvalue weighted by atomic mass is 9.77. The van der Waals surface area contributed by atoms with Crippen LogP contribution in [-0.2, 0) is 11.3 Å². The molecule has 2 fully saturated rings. The van der Waals surface area contributed by atoms with Gasteiger partial charge >= 0.3 is 5.97 Å². The molecule has 5 rings (SSSR count). The minimum atomic E-state index is -0.812. The lowest BCUT2D eigenvalue weighted by Gasteiger charge is -2.39. The molecule has 1 N–H and O–H groups in total. The SMILES string of the molecule is O=C(O)CCn1ccc2cc(C(=O)N3CCC4(CC3)CCN(c3ccncc3)C4)ccc21. The highest BCUT2D eigenvalue weighted by atomic mass is 16.4. The summed E-state index contributed by atoms with van der Waals surface area (Å²) < 4.78 is 1.93. The first-order valence-electron chi connectivity index (χ1n) is 11.3. The zero-order chi connectivity index (χ0) is 22.1. The maximum absolute atomic E-state index is 13.2. The molecule has 1 aromatic carbocycles. The van der Waals surface area contributed by atoms with Crippen molar-refractivity contribution in [1.82, 2.24) is 14.5 Å². The minimum absolute atomic E-state index is 0.0819. The molecule has 32 heavy (non-hydrogen) atoms. The van der Waals surface area contributed by atoms with Gasteiger partial charge in [0.2, 0.25) is 0 Å². The van der Waals surface area contributed by atoms with Gasteiger partial charge in [0, 0.05) is 73.5 Å². The number of benzene rings is 1. The number of hydrogen-bond acceptors (Lipinski definition) is 4. The zero-order valence-corrected chi connectivity index (χ0v) is 18.1. The van der Waals surface area contributed by atoms with E-state index in [1.54, 1.807) is 0 Å². The van der Waals surface area contributed by atoms with Crippen molar-refractivity contribution in [1.29, 1.82) is 0 Å². The Balaban J connectivity index is 1.23. The van der Waals surface area contributed by atoms with Gasteiger partial charge in [-0.15, -0.1) is 0 Å². The van der Waals surface area contributed by atoms with Gasteiger partial charge in [0.15, 0.2) is 0 Å². The number of carbonyl (C=O) groups is 2. The van der Waals surface area contributed by atoms with Crippen LogP contribution in [0, 0.1) is 5.41 Å². The summed E-state index contributed by atoms with van der Waals surface area (Å²) in [6.07, 6.45) is 8.91. The lowest BCUT2D eigenvalue weighted by Crippen LogP contribution is -2.44. The average molecular weight is 433 g/mol. The van der Waals surface area contributed by atoms with Crippen LogP contribution in [0.5, 0.6) is 0 Å². The van der Waals surface area contributed by atoms with Gasteiger partial charge in [0.05, 0.1) is 6.42 Å². The fourth-order valence-electron chi connectivity index (χ4n) is 5.23. The first-order chi connectivity index (χ1) is 15.5. The lowest BCUT2D eigenvalue weighted by molar-refractivity contribution is -0.137. The average Bonchev–Trinajstić information content (AvgIpc) is 3.42. The van der Waals surface area contributed by atoms with Crippen LogP contribution in [-0.4, -0.2) is 57.6 Å². The normalized spacial score (nSPS) is 17.9. The summed E-state index contributed by atoms with van der Waals surface area (Å²) >= 11 is 0. The number of carboxylic acids is 1. The van der Waals surface area contributed by atoms with E-state index >= 15 is 0 Å². The summed E-state index contributed by atoms with van der Waals surface area (Å²) in [4.78, 5) is 32.6. The molecule has 4 heterocycles. The van der Waals surface area contributed by atoms with Gasteiger partial charge in [0.1, 0.15) is 0 Å². The number of aromatic nitrogens is 2. The highest BCUT2D eigenvalue weighted by molar-refractivity contribution is 5.98. The van der Waals surface area contributed by atoms with Crippen LogP contribution >= 0.6 is 0 Å². The highest BCUT2D eigenvalue weighted by Crippen LogP contribution is 2.42. The van der Waals surface area contributed by atoms with E-state index in [-0.39, 0.29) is 12.3 Å². The van der Waals surface area contributed by atoms with Gasteiger partial charge in [-0.1, -0.05) is 0 Å². The Morgan fingerprint density at radius 1 is 1.00 bits per heavy atom. The molecule has 166 valence electrons. The molecule has 7 nitrogen and oxygen atoms in total. The maximum atomic E-state index is 13.2. The Bertz CT molecular complexity index is 1130.